The summed E-state index contributed by atoms with van der Waals surface area (Å²) < 4.78 is 7.97. The van der Waals surface area contributed by atoms with Crippen molar-refractivity contribution in [1.82, 2.24) is 9.78 Å². The molecule has 0 saturated carbocycles. The molecule has 0 amide bonds. The highest BCUT2D eigenvalue weighted by Crippen LogP contribution is 2.24. The highest BCUT2D eigenvalue weighted by atomic mass is 16.5. The third kappa shape index (κ3) is 5.25. The van der Waals surface area contributed by atoms with E-state index >= 15 is 0 Å². The Hall–Kier alpha value is -0.870. The van der Waals surface area contributed by atoms with Crippen molar-refractivity contribution in [2.75, 3.05) is 6.61 Å². The minimum atomic E-state index is -0.0376. The molecule has 0 radical (unpaired) electrons. The Morgan fingerprint density at radius 3 is 2.55 bits per heavy atom. The Morgan fingerprint density at radius 2 is 2.05 bits per heavy atom. The lowest BCUT2D eigenvalue weighted by atomic mass is 9.99. The molecule has 0 aliphatic rings. The van der Waals surface area contributed by atoms with Gasteiger partial charge in [-0.05, 0) is 18.8 Å². The molecule has 0 aliphatic heterocycles. The molecule has 1 rings (SSSR count). The summed E-state index contributed by atoms with van der Waals surface area (Å²) in [6.07, 6.45) is 9.68. The highest BCUT2D eigenvalue weighted by Gasteiger charge is 2.22. The fourth-order valence-corrected chi connectivity index (χ4v) is 2.41. The van der Waals surface area contributed by atoms with E-state index < -0.39 is 0 Å². The van der Waals surface area contributed by atoms with E-state index in [2.05, 4.69) is 25.9 Å². The Bertz CT molecular complexity index is 364. The second-order valence-electron chi connectivity index (χ2n) is 5.69. The van der Waals surface area contributed by atoms with Gasteiger partial charge in [0.2, 0.25) is 0 Å². The highest BCUT2D eigenvalue weighted by molar-refractivity contribution is 5.10. The third-order valence-electron chi connectivity index (χ3n) is 3.97. The zero-order valence-electron chi connectivity index (χ0n) is 13.5. The number of aromatic nitrogens is 2. The number of nitrogens with zero attached hydrogens (tertiary/aromatic N) is 2. The van der Waals surface area contributed by atoms with Gasteiger partial charge in [0.05, 0.1) is 12.8 Å². The van der Waals surface area contributed by atoms with Crippen molar-refractivity contribution in [2.24, 2.45) is 18.7 Å². The SMILES string of the molecule is CCCCC(CC)COC(c1cnn(C)c1)C(N)CC. The van der Waals surface area contributed by atoms with Crippen LogP contribution >= 0.6 is 0 Å². The molecule has 1 aromatic heterocycles. The van der Waals surface area contributed by atoms with Gasteiger partial charge in [-0.25, -0.2) is 0 Å². The number of ether oxygens (including phenoxy) is 1. The van der Waals surface area contributed by atoms with Gasteiger partial charge in [0.15, 0.2) is 0 Å². The van der Waals surface area contributed by atoms with Crippen molar-refractivity contribution in [1.29, 1.82) is 0 Å². The summed E-state index contributed by atoms with van der Waals surface area (Å²) in [4.78, 5) is 0. The Morgan fingerprint density at radius 1 is 1.30 bits per heavy atom. The standard InChI is InChI=1S/C16H31N3O/c1-5-8-9-13(6-2)12-20-16(15(17)7-3)14-10-18-19(4)11-14/h10-11,13,15-16H,5-9,12,17H2,1-4H3. The molecule has 1 aromatic rings. The summed E-state index contributed by atoms with van der Waals surface area (Å²) in [7, 11) is 1.92. The van der Waals surface area contributed by atoms with Gasteiger partial charge >= 0.3 is 0 Å². The van der Waals surface area contributed by atoms with Crippen molar-refractivity contribution in [3.8, 4) is 0 Å². The zero-order chi connectivity index (χ0) is 15.0. The normalized spacial score (nSPS) is 16.1. The molecule has 4 heteroatoms. The smallest absolute Gasteiger partial charge is 0.101 e. The summed E-state index contributed by atoms with van der Waals surface area (Å²) in [5, 5.41) is 4.23. The van der Waals surface area contributed by atoms with Crippen LogP contribution in [0.3, 0.4) is 0 Å². The summed E-state index contributed by atoms with van der Waals surface area (Å²) in [5.41, 5.74) is 7.31. The van der Waals surface area contributed by atoms with E-state index in [0.717, 1.165) is 18.6 Å². The van der Waals surface area contributed by atoms with Gasteiger partial charge in [-0.15, -0.1) is 0 Å². The van der Waals surface area contributed by atoms with E-state index in [-0.39, 0.29) is 12.1 Å². The van der Waals surface area contributed by atoms with Gasteiger partial charge in [-0.3, -0.25) is 4.68 Å². The molecule has 0 saturated heterocycles. The maximum Gasteiger partial charge on any atom is 0.101 e. The molecule has 0 spiro atoms. The van der Waals surface area contributed by atoms with E-state index in [9.17, 15) is 0 Å². The lowest BCUT2D eigenvalue weighted by Gasteiger charge is -2.25. The van der Waals surface area contributed by atoms with Gasteiger partial charge in [-0.2, -0.15) is 5.10 Å². The third-order valence-corrected chi connectivity index (χ3v) is 3.97. The minimum absolute atomic E-state index is 0.0304. The van der Waals surface area contributed by atoms with Gasteiger partial charge in [0.1, 0.15) is 6.10 Å². The maximum absolute atomic E-state index is 6.22. The van der Waals surface area contributed by atoms with Crippen molar-refractivity contribution < 1.29 is 4.74 Å². The van der Waals surface area contributed by atoms with Crippen LogP contribution < -0.4 is 5.73 Å². The molecule has 0 bridgehead atoms. The molecule has 3 unspecified atom stereocenters. The lowest BCUT2D eigenvalue weighted by Crippen LogP contribution is -2.30. The van der Waals surface area contributed by atoms with Gasteiger partial charge < -0.3 is 10.5 Å². The lowest BCUT2D eigenvalue weighted by molar-refractivity contribution is 0.00869. The second-order valence-corrected chi connectivity index (χ2v) is 5.69. The van der Waals surface area contributed by atoms with E-state index in [1.54, 1.807) is 0 Å². The second kappa shape index (κ2) is 9.14. The molecule has 0 fully saturated rings. The first-order valence-electron chi connectivity index (χ1n) is 7.97. The fourth-order valence-electron chi connectivity index (χ4n) is 2.41. The molecule has 3 atom stereocenters. The first-order valence-corrected chi connectivity index (χ1v) is 7.97. The first kappa shape index (κ1) is 17.2. The van der Waals surface area contributed by atoms with Crippen LogP contribution in [-0.4, -0.2) is 22.4 Å². The van der Waals surface area contributed by atoms with Gasteiger partial charge in [0.25, 0.3) is 0 Å². The number of nitrogens with two attached hydrogens (primary N) is 1. The largest absolute Gasteiger partial charge is 0.371 e. The number of unbranched alkanes of at least 4 members (excludes halogenated alkanes) is 1. The zero-order valence-corrected chi connectivity index (χ0v) is 13.5. The van der Waals surface area contributed by atoms with Crippen LogP contribution in [0.1, 0.15) is 64.5 Å². The molecule has 20 heavy (non-hydrogen) atoms. The van der Waals surface area contributed by atoms with Crippen LogP contribution in [0.5, 0.6) is 0 Å². The van der Waals surface area contributed by atoms with Crippen LogP contribution in [0.15, 0.2) is 12.4 Å². The maximum atomic E-state index is 6.22. The molecule has 0 aliphatic carbocycles. The van der Waals surface area contributed by atoms with Crippen LogP contribution in [0.4, 0.5) is 0 Å². The molecule has 116 valence electrons. The molecule has 2 N–H and O–H groups in total. The predicted molar refractivity (Wildman–Crippen MR) is 83.5 cm³/mol. The fraction of sp³-hybridized carbons (Fsp3) is 0.812. The number of hydrogen-bond donors (Lipinski definition) is 1. The van der Waals surface area contributed by atoms with Crippen molar-refractivity contribution >= 4 is 0 Å². The topological polar surface area (TPSA) is 53.1 Å². The molecule has 4 nitrogen and oxygen atoms in total. The van der Waals surface area contributed by atoms with E-state index in [0.29, 0.717) is 5.92 Å². The van der Waals surface area contributed by atoms with E-state index in [1.165, 1.54) is 25.7 Å². The van der Waals surface area contributed by atoms with Crippen LogP contribution in [0.25, 0.3) is 0 Å². The summed E-state index contributed by atoms with van der Waals surface area (Å²) in [5.74, 6) is 0.637. The van der Waals surface area contributed by atoms with Gasteiger partial charge in [-0.1, -0.05) is 40.0 Å². The van der Waals surface area contributed by atoms with Crippen LogP contribution in [-0.2, 0) is 11.8 Å². The Labute approximate surface area is 123 Å². The average molecular weight is 281 g/mol. The van der Waals surface area contributed by atoms with Gasteiger partial charge in [0, 0.05) is 24.8 Å². The molecule has 1 heterocycles. The summed E-state index contributed by atoms with van der Waals surface area (Å²) in [6, 6.07) is 0.0304. The number of hydrogen-bond acceptors (Lipinski definition) is 3. The molecular weight excluding hydrogens is 250 g/mol. The van der Waals surface area contributed by atoms with E-state index in [4.69, 9.17) is 10.5 Å². The van der Waals surface area contributed by atoms with Crippen molar-refractivity contribution in [2.45, 2.75) is 65.0 Å². The molecular formula is C16H31N3O. The monoisotopic (exact) mass is 281 g/mol. The number of aryl methyl sites for hydroxylation is 1. The van der Waals surface area contributed by atoms with Crippen molar-refractivity contribution in [3.05, 3.63) is 18.0 Å². The minimum Gasteiger partial charge on any atom is -0.371 e. The Kier molecular flexibility index (Phi) is 7.85. The Balaban J connectivity index is 2.61. The van der Waals surface area contributed by atoms with Crippen LogP contribution in [0.2, 0.25) is 0 Å². The average Bonchev–Trinajstić information content (AvgIpc) is 2.88. The summed E-state index contributed by atoms with van der Waals surface area (Å²) >= 11 is 0. The van der Waals surface area contributed by atoms with Crippen molar-refractivity contribution in [3.63, 3.8) is 0 Å². The summed E-state index contributed by atoms with van der Waals surface area (Å²) in [6.45, 7) is 7.37. The predicted octanol–water partition coefficient (Wildman–Crippen LogP) is 3.43. The molecule has 0 aromatic carbocycles. The number of rotatable bonds is 10. The van der Waals surface area contributed by atoms with E-state index in [1.807, 2.05) is 24.1 Å². The first-order chi connectivity index (χ1) is 9.62. The van der Waals surface area contributed by atoms with Crippen LogP contribution in [0, 0.1) is 5.92 Å². The quantitative estimate of drug-likeness (QED) is 0.715.